The van der Waals surface area contributed by atoms with Gasteiger partial charge >= 0.3 is 0 Å². The lowest BCUT2D eigenvalue weighted by Crippen LogP contribution is -2.41. The van der Waals surface area contributed by atoms with Crippen molar-refractivity contribution in [2.24, 2.45) is 0 Å². The van der Waals surface area contributed by atoms with Crippen LogP contribution < -0.4 is 4.72 Å². The number of sulfonamides is 2. The summed E-state index contributed by atoms with van der Waals surface area (Å²) in [5.41, 5.74) is 0.272. The van der Waals surface area contributed by atoms with Gasteiger partial charge in [-0.25, -0.2) is 16.8 Å². The molecule has 0 aliphatic rings. The second-order valence-corrected chi connectivity index (χ2v) is 10.3. The van der Waals surface area contributed by atoms with E-state index in [2.05, 4.69) is 4.72 Å². The molecule has 0 amide bonds. The Labute approximate surface area is 154 Å². The first-order valence-corrected chi connectivity index (χ1v) is 11.5. The zero-order valence-corrected chi connectivity index (χ0v) is 17.0. The summed E-state index contributed by atoms with van der Waals surface area (Å²) in [6, 6.07) is 6.88. The fourth-order valence-electron chi connectivity index (χ4n) is 3.08. The van der Waals surface area contributed by atoms with Gasteiger partial charge in [0.1, 0.15) is 10.6 Å². The van der Waals surface area contributed by atoms with E-state index in [4.69, 9.17) is 0 Å². The van der Waals surface area contributed by atoms with Gasteiger partial charge in [0.15, 0.2) is 0 Å². The van der Waals surface area contributed by atoms with Gasteiger partial charge in [0.25, 0.3) is 0 Å². The minimum atomic E-state index is -3.93. The van der Waals surface area contributed by atoms with E-state index in [0.29, 0.717) is 5.39 Å². The number of hydrogen-bond donors (Lipinski definition) is 2. The number of anilines is 1. The van der Waals surface area contributed by atoms with Crippen molar-refractivity contribution < 1.29 is 21.9 Å². The Morgan fingerprint density at radius 3 is 2.00 bits per heavy atom. The molecule has 144 valence electrons. The molecule has 0 aliphatic carbocycles. The highest BCUT2D eigenvalue weighted by Crippen LogP contribution is 2.37. The minimum Gasteiger partial charge on any atom is -0.506 e. The molecular formula is C17H24N2O5S2. The number of nitrogens with one attached hydrogen (secondary N) is 1. The SMILES string of the molecule is CC(C)N(C(C)C)S(=O)(=O)c1ccc2c(NS(C)(=O)=O)cccc2c1O. The molecule has 0 atom stereocenters. The Bertz CT molecular complexity index is 1020. The highest BCUT2D eigenvalue weighted by atomic mass is 32.2. The van der Waals surface area contributed by atoms with Crippen LogP contribution in [0.2, 0.25) is 0 Å². The molecule has 7 nitrogen and oxygen atoms in total. The van der Waals surface area contributed by atoms with Crippen molar-refractivity contribution in [1.29, 1.82) is 0 Å². The van der Waals surface area contributed by atoms with Crippen LogP contribution in [0.25, 0.3) is 10.8 Å². The molecule has 26 heavy (non-hydrogen) atoms. The second kappa shape index (κ2) is 7.05. The smallest absolute Gasteiger partial charge is 0.247 e. The van der Waals surface area contributed by atoms with Gasteiger partial charge in [-0.1, -0.05) is 18.2 Å². The van der Waals surface area contributed by atoms with Crippen LogP contribution in [0.3, 0.4) is 0 Å². The molecule has 0 radical (unpaired) electrons. The molecule has 2 rings (SSSR count). The van der Waals surface area contributed by atoms with Gasteiger partial charge in [-0.05, 0) is 39.8 Å². The predicted molar refractivity (Wildman–Crippen MR) is 103 cm³/mol. The molecule has 0 spiro atoms. The van der Waals surface area contributed by atoms with E-state index in [1.807, 2.05) is 0 Å². The number of rotatable bonds is 6. The van der Waals surface area contributed by atoms with Crippen molar-refractivity contribution in [2.75, 3.05) is 11.0 Å². The molecule has 0 aromatic heterocycles. The molecule has 0 saturated heterocycles. The zero-order valence-electron chi connectivity index (χ0n) is 15.4. The largest absolute Gasteiger partial charge is 0.506 e. The molecule has 0 saturated carbocycles. The van der Waals surface area contributed by atoms with Crippen molar-refractivity contribution in [3.8, 4) is 5.75 Å². The van der Waals surface area contributed by atoms with E-state index in [0.717, 1.165) is 6.26 Å². The molecule has 0 heterocycles. The van der Waals surface area contributed by atoms with Gasteiger partial charge in [-0.3, -0.25) is 4.72 Å². The van der Waals surface area contributed by atoms with Crippen molar-refractivity contribution in [3.05, 3.63) is 30.3 Å². The minimum absolute atomic E-state index is 0.205. The number of aromatic hydroxyl groups is 1. The maximum atomic E-state index is 13.0. The molecule has 0 fully saturated rings. The fourth-order valence-corrected chi connectivity index (χ4v) is 5.59. The molecule has 0 unspecified atom stereocenters. The van der Waals surface area contributed by atoms with E-state index in [9.17, 15) is 21.9 Å². The van der Waals surface area contributed by atoms with Crippen LogP contribution in [0.5, 0.6) is 5.75 Å². The number of benzene rings is 2. The monoisotopic (exact) mass is 400 g/mol. The summed E-state index contributed by atoms with van der Waals surface area (Å²) < 4.78 is 52.8. The number of fused-ring (bicyclic) bond motifs is 1. The molecule has 0 aliphatic heterocycles. The van der Waals surface area contributed by atoms with Crippen molar-refractivity contribution >= 4 is 36.5 Å². The van der Waals surface area contributed by atoms with E-state index >= 15 is 0 Å². The van der Waals surface area contributed by atoms with Crippen molar-refractivity contribution in [3.63, 3.8) is 0 Å². The zero-order chi connectivity index (χ0) is 19.9. The Balaban J connectivity index is 2.71. The molecule has 2 aromatic rings. The Morgan fingerprint density at radius 2 is 1.50 bits per heavy atom. The van der Waals surface area contributed by atoms with Crippen LogP contribution >= 0.6 is 0 Å². The van der Waals surface area contributed by atoms with Crippen LogP contribution in [0.15, 0.2) is 35.2 Å². The number of phenols is 1. The average Bonchev–Trinajstić information content (AvgIpc) is 2.45. The Morgan fingerprint density at radius 1 is 0.923 bits per heavy atom. The van der Waals surface area contributed by atoms with E-state index in [1.54, 1.807) is 45.9 Å². The third kappa shape index (κ3) is 3.94. The van der Waals surface area contributed by atoms with Crippen molar-refractivity contribution in [1.82, 2.24) is 4.31 Å². The molecular weight excluding hydrogens is 376 g/mol. The van der Waals surface area contributed by atoms with Gasteiger partial charge < -0.3 is 5.11 Å². The van der Waals surface area contributed by atoms with Crippen molar-refractivity contribution in [2.45, 2.75) is 44.7 Å². The molecule has 2 N–H and O–H groups in total. The normalized spacial score (nSPS) is 13.1. The number of hydrogen-bond acceptors (Lipinski definition) is 5. The highest BCUT2D eigenvalue weighted by molar-refractivity contribution is 7.92. The van der Waals surface area contributed by atoms with Crippen LogP contribution in [-0.4, -0.2) is 44.6 Å². The lowest BCUT2D eigenvalue weighted by atomic mass is 10.1. The Hall–Kier alpha value is -1.84. The van der Waals surface area contributed by atoms with Crippen LogP contribution in [-0.2, 0) is 20.0 Å². The summed E-state index contributed by atoms with van der Waals surface area (Å²) in [4.78, 5) is -0.205. The maximum Gasteiger partial charge on any atom is 0.247 e. The predicted octanol–water partition coefficient (Wildman–Crippen LogP) is 2.72. The average molecular weight is 401 g/mol. The topological polar surface area (TPSA) is 104 Å². The standard InChI is InChI=1S/C17H24N2O5S2/c1-11(2)19(12(3)4)26(23,24)16-10-9-13-14(17(16)20)7-6-8-15(13)18-25(5,21)22/h6-12,18,20H,1-5H3. The van der Waals surface area contributed by atoms with Crippen LogP contribution in [0.4, 0.5) is 5.69 Å². The molecule has 2 aromatic carbocycles. The Kier molecular flexibility index (Phi) is 5.55. The lowest BCUT2D eigenvalue weighted by molar-refractivity contribution is 0.301. The van der Waals surface area contributed by atoms with Gasteiger partial charge in [0.2, 0.25) is 20.0 Å². The maximum absolute atomic E-state index is 13.0. The first-order valence-electron chi connectivity index (χ1n) is 8.12. The summed E-state index contributed by atoms with van der Waals surface area (Å²) in [5.74, 6) is -0.397. The summed E-state index contributed by atoms with van der Waals surface area (Å²) in [7, 11) is -7.44. The summed E-state index contributed by atoms with van der Waals surface area (Å²) in [6.45, 7) is 7.07. The van der Waals surface area contributed by atoms with E-state index in [1.165, 1.54) is 16.4 Å². The second-order valence-electron chi connectivity index (χ2n) is 6.71. The van der Waals surface area contributed by atoms with Crippen LogP contribution in [0.1, 0.15) is 27.7 Å². The number of phenolic OH excluding ortho intramolecular Hbond substituents is 1. The van der Waals surface area contributed by atoms with E-state index < -0.39 is 25.8 Å². The first-order chi connectivity index (χ1) is 11.9. The quantitative estimate of drug-likeness (QED) is 0.776. The fraction of sp³-hybridized carbons (Fsp3) is 0.412. The van der Waals surface area contributed by atoms with Crippen LogP contribution in [0, 0.1) is 0 Å². The third-order valence-corrected chi connectivity index (χ3v) is 6.74. The highest BCUT2D eigenvalue weighted by Gasteiger charge is 2.32. The molecule has 0 bridgehead atoms. The van der Waals surface area contributed by atoms with E-state index in [-0.39, 0.29) is 28.1 Å². The van der Waals surface area contributed by atoms with Gasteiger partial charge in [0.05, 0.1) is 11.9 Å². The molecule has 9 heteroatoms. The third-order valence-electron chi connectivity index (χ3n) is 3.86. The summed E-state index contributed by atoms with van der Waals surface area (Å²) >= 11 is 0. The number of nitrogens with zero attached hydrogens (tertiary/aromatic N) is 1. The van der Waals surface area contributed by atoms with Gasteiger partial charge in [-0.2, -0.15) is 4.31 Å². The summed E-state index contributed by atoms with van der Waals surface area (Å²) in [6.07, 6.45) is 1.02. The van der Waals surface area contributed by atoms with Gasteiger partial charge in [0, 0.05) is 22.9 Å². The first kappa shape index (κ1) is 20.5. The summed E-state index contributed by atoms with van der Waals surface area (Å²) in [5, 5.41) is 11.3. The lowest BCUT2D eigenvalue weighted by Gasteiger charge is -2.30. The van der Waals surface area contributed by atoms with Gasteiger partial charge in [-0.15, -0.1) is 0 Å².